The fraction of sp³-hybridized carbons (Fsp3) is 0.750. The standard InChI is InChI=1S/C16H26N2O/c1-12(7-8-16-6-3-9-19-16)18-14-4-2-5-15(18)11-13(17)10-14/h3,6,9,12-15H,2,4-5,7-8,10-11,17H2,1H3. The van der Waals surface area contributed by atoms with E-state index in [9.17, 15) is 0 Å². The van der Waals surface area contributed by atoms with Crippen LogP contribution in [0.5, 0.6) is 0 Å². The molecule has 0 spiro atoms. The van der Waals surface area contributed by atoms with E-state index < -0.39 is 0 Å². The molecule has 1 aromatic heterocycles. The van der Waals surface area contributed by atoms with Crippen LogP contribution < -0.4 is 5.73 Å². The van der Waals surface area contributed by atoms with E-state index in [1.165, 1.54) is 38.5 Å². The van der Waals surface area contributed by atoms with E-state index in [2.05, 4.69) is 17.9 Å². The van der Waals surface area contributed by atoms with Crippen molar-refractivity contribution in [3.8, 4) is 0 Å². The molecule has 3 nitrogen and oxygen atoms in total. The third-order valence-corrected chi connectivity index (χ3v) is 4.97. The van der Waals surface area contributed by atoms with Crippen LogP contribution in [0.1, 0.15) is 51.2 Å². The highest BCUT2D eigenvalue weighted by Crippen LogP contribution is 2.35. The number of piperidine rings is 2. The summed E-state index contributed by atoms with van der Waals surface area (Å²) in [5.41, 5.74) is 6.20. The molecule has 3 heterocycles. The molecule has 2 aliphatic heterocycles. The topological polar surface area (TPSA) is 42.4 Å². The van der Waals surface area contributed by atoms with E-state index in [1.54, 1.807) is 6.26 Å². The minimum atomic E-state index is 0.434. The molecule has 0 aliphatic carbocycles. The van der Waals surface area contributed by atoms with Crippen LogP contribution in [-0.4, -0.2) is 29.1 Å². The minimum Gasteiger partial charge on any atom is -0.469 e. The molecule has 1 aromatic rings. The summed E-state index contributed by atoms with van der Waals surface area (Å²) in [5, 5.41) is 0. The van der Waals surface area contributed by atoms with Gasteiger partial charge in [-0.15, -0.1) is 0 Å². The highest BCUT2D eigenvalue weighted by Gasteiger charge is 2.39. The van der Waals surface area contributed by atoms with Gasteiger partial charge in [0.1, 0.15) is 5.76 Å². The summed E-state index contributed by atoms with van der Waals surface area (Å²) in [6.45, 7) is 2.38. The Morgan fingerprint density at radius 1 is 1.37 bits per heavy atom. The molecule has 0 saturated carbocycles. The maximum atomic E-state index is 6.20. The molecule has 0 aromatic carbocycles. The van der Waals surface area contributed by atoms with Crippen molar-refractivity contribution in [1.29, 1.82) is 0 Å². The van der Waals surface area contributed by atoms with Crippen LogP contribution in [0.15, 0.2) is 22.8 Å². The molecule has 3 rings (SSSR count). The van der Waals surface area contributed by atoms with E-state index in [0.29, 0.717) is 12.1 Å². The third-order valence-electron chi connectivity index (χ3n) is 4.97. The zero-order valence-electron chi connectivity index (χ0n) is 11.9. The highest BCUT2D eigenvalue weighted by atomic mass is 16.3. The number of rotatable bonds is 4. The SMILES string of the molecule is CC(CCc1ccco1)N1C2CCCC1CC(N)C2. The Hall–Kier alpha value is -0.800. The molecule has 2 N–H and O–H groups in total. The van der Waals surface area contributed by atoms with Crippen molar-refractivity contribution >= 4 is 0 Å². The second-order valence-corrected chi connectivity index (χ2v) is 6.38. The summed E-state index contributed by atoms with van der Waals surface area (Å²) in [5.74, 6) is 1.12. The van der Waals surface area contributed by atoms with E-state index >= 15 is 0 Å². The Kier molecular flexibility index (Phi) is 3.94. The van der Waals surface area contributed by atoms with Gasteiger partial charge >= 0.3 is 0 Å². The van der Waals surface area contributed by atoms with Crippen LogP contribution in [0.25, 0.3) is 0 Å². The van der Waals surface area contributed by atoms with Crippen LogP contribution in [0.3, 0.4) is 0 Å². The second kappa shape index (κ2) is 5.68. The van der Waals surface area contributed by atoms with Crippen molar-refractivity contribution < 1.29 is 4.42 Å². The van der Waals surface area contributed by atoms with Gasteiger partial charge in [0.05, 0.1) is 6.26 Å². The lowest BCUT2D eigenvalue weighted by molar-refractivity contribution is -0.00234. The number of fused-ring (bicyclic) bond motifs is 2. The first-order valence-corrected chi connectivity index (χ1v) is 7.79. The zero-order valence-corrected chi connectivity index (χ0v) is 11.9. The van der Waals surface area contributed by atoms with Crippen LogP contribution in [0.2, 0.25) is 0 Å². The molecule has 2 bridgehead atoms. The monoisotopic (exact) mass is 262 g/mol. The summed E-state index contributed by atoms with van der Waals surface area (Å²) in [6, 6.07) is 6.61. The molecule has 3 unspecified atom stereocenters. The lowest BCUT2D eigenvalue weighted by atomic mass is 9.80. The number of nitrogens with two attached hydrogens (primary N) is 1. The van der Waals surface area contributed by atoms with Crippen LogP contribution in [0.4, 0.5) is 0 Å². The summed E-state index contributed by atoms with van der Waals surface area (Å²) in [4.78, 5) is 2.77. The Labute approximate surface area is 116 Å². The Balaban J connectivity index is 1.60. The summed E-state index contributed by atoms with van der Waals surface area (Å²) in [6.07, 6.45) is 10.5. The van der Waals surface area contributed by atoms with Gasteiger partial charge in [-0.1, -0.05) is 6.42 Å². The molecule has 0 amide bonds. The molecular weight excluding hydrogens is 236 g/mol. The Bertz CT molecular complexity index is 375. The quantitative estimate of drug-likeness (QED) is 0.907. The number of hydrogen-bond acceptors (Lipinski definition) is 3. The predicted molar refractivity (Wildman–Crippen MR) is 77.0 cm³/mol. The van der Waals surface area contributed by atoms with Crippen LogP contribution >= 0.6 is 0 Å². The maximum Gasteiger partial charge on any atom is 0.103 e. The zero-order chi connectivity index (χ0) is 13.2. The lowest BCUT2D eigenvalue weighted by Gasteiger charge is -2.51. The van der Waals surface area contributed by atoms with Gasteiger partial charge in [-0.25, -0.2) is 0 Å². The predicted octanol–water partition coefficient (Wildman–Crippen LogP) is 2.94. The molecule has 0 radical (unpaired) electrons. The maximum absolute atomic E-state index is 6.20. The first kappa shape index (κ1) is 13.2. The third kappa shape index (κ3) is 2.87. The number of aryl methyl sites for hydroxylation is 1. The van der Waals surface area contributed by atoms with Crippen LogP contribution in [-0.2, 0) is 6.42 Å². The highest BCUT2D eigenvalue weighted by molar-refractivity contribution is 5.00. The Morgan fingerprint density at radius 3 is 2.74 bits per heavy atom. The summed E-state index contributed by atoms with van der Waals surface area (Å²) >= 11 is 0. The first-order valence-electron chi connectivity index (χ1n) is 7.79. The summed E-state index contributed by atoms with van der Waals surface area (Å²) < 4.78 is 5.44. The van der Waals surface area contributed by atoms with E-state index in [-0.39, 0.29) is 0 Å². The molecule has 19 heavy (non-hydrogen) atoms. The van der Waals surface area contributed by atoms with Crippen molar-refractivity contribution in [2.75, 3.05) is 0 Å². The van der Waals surface area contributed by atoms with Crippen LogP contribution in [0, 0.1) is 0 Å². The van der Waals surface area contributed by atoms with E-state index in [1.807, 2.05) is 6.07 Å². The molecular formula is C16H26N2O. The number of furan rings is 1. The molecule has 3 atom stereocenters. The largest absolute Gasteiger partial charge is 0.469 e. The van der Waals surface area contributed by atoms with Gasteiger partial charge in [0, 0.05) is 30.6 Å². The number of nitrogens with zero attached hydrogens (tertiary/aromatic N) is 1. The fourth-order valence-corrected chi connectivity index (χ4v) is 4.13. The van der Waals surface area contributed by atoms with Gasteiger partial charge in [-0.05, 0) is 51.2 Å². The van der Waals surface area contributed by atoms with E-state index in [4.69, 9.17) is 10.2 Å². The molecule has 3 heteroatoms. The van der Waals surface area contributed by atoms with Gasteiger partial charge in [0.25, 0.3) is 0 Å². The first-order chi connectivity index (χ1) is 9.24. The lowest BCUT2D eigenvalue weighted by Crippen LogP contribution is -2.58. The average Bonchev–Trinajstić information content (AvgIpc) is 2.88. The molecule has 2 aliphatic rings. The van der Waals surface area contributed by atoms with Gasteiger partial charge in [0.2, 0.25) is 0 Å². The second-order valence-electron chi connectivity index (χ2n) is 6.38. The van der Waals surface area contributed by atoms with Crippen molar-refractivity contribution in [2.45, 2.75) is 76.0 Å². The van der Waals surface area contributed by atoms with Crippen molar-refractivity contribution in [3.63, 3.8) is 0 Å². The van der Waals surface area contributed by atoms with Crippen molar-refractivity contribution in [1.82, 2.24) is 4.90 Å². The smallest absolute Gasteiger partial charge is 0.103 e. The number of hydrogen-bond donors (Lipinski definition) is 1. The van der Waals surface area contributed by atoms with Gasteiger partial charge in [-0.3, -0.25) is 4.90 Å². The van der Waals surface area contributed by atoms with E-state index in [0.717, 1.165) is 24.3 Å². The van der Waals surface area contributed by atoms with Gasteiger partial charge < -0.3 is 10.2 Å². The van der Waals surface area contributed by atoms with Gasteiger partial charge in [0.15, 0.2) is 0 Å². The summed E-state index contributed by atoms with van der Waals surface area (Å²) in [7, 11) is 0. The fourth-order valence-electron chi connectivity index (χ4n) is 4.13. The Morgan fingerprint density at radius 2 is 2.11 bits per heavy atom. The molecule has 2 fully saturated rings. The average molecular weight is 262 g/mol. The van der Waals surface area contributed by atoms with Crippen molar-refractivity contribution in [2.24, 2.45) is 5.73 Å². The molecule has 106 valence electrons. The molecule has 2 saturated heterocycles. The van der Waals surface area contributed by atoms with Crippen molar-refractivity contribution in [3.05, 3.63) is 24.2 Å². The normalized spacial score (nSPS) is 33.3. The van der Waals surface area contributed by atoms with Gasteiger partial charge in [-0.2, -0.15) is 0 Å². The minimum absolute atomic E-state index is 0.434.